The Hall–Kier alpha value is -2.33. The molecule has 0 atom stereocenters. The second-order valence-corrected chi connectivity index (χ2v) is 6.81. The third-order valence-corrected chi connectivity index (χ3v) is 5.12. The highest BCUT2D eigenvalue weighted by Crippen LogP contribution is 2.21. The van der Waals surface area contributed by atoms with E-state index in [4.69, 9.17) is 0 Å². The number of amides is 1. The summed E-state index contributed by atoms with van der Waals surface area (Å²) in [6, 6.07) is 16.0. The lowest BCUT2D eigenvalue weighted by atomic mass is 10.1. The summed E-state index contributed by atoms with van der Waals surface area (Å²) in [7, 11) is 0. The molecule has 26 heavy (non-hydrogen) atoms. The SMILES string of the molecule is CCN(CC)c1ccc(C(=O)Nc2ccccc2CN2CCCC2)cc1. The number of anilines is 2. The number of hydrogen-bond acceptors (Lipinski definition) is 3. The summed E-state index contributed by atoms with van der Waals surface area (Å²) in [5.74, 6) is -0.0510. The van der Waals surface area contributed by atoms with Crippen LogP contribution >= 0.6 is 0 Å². The molecule has 2 aromatic carbocycles. The monoisotopic (exact) mass is 351 g/mol. The lowest BCUT2D eigenvalue weighted by Gasteiger charge is -2.21. The topological polar surface area (TPSA) is 35.6 Å². The maximum atomic E-state index is 12.7. The summed E-state index contributed by atoms with van der Waals surface area (Å²) >= 11 is 0. The zero-order valence-corrected chi connectivity index (χ0v) is 15.9. The van der Waals surface area contributed by atoms with Crippen molar-refractivity contribution in [1.29, 1.82) is 0 Å². The zero-order chi connectivity index (χ0) is 18.4. The molecule has 0 saturated carbocycles. The van der Waals surface area contributed by atoms with Crippen LogP contribution < -0.4 is 10.2 Å². The van der Waals surface area contributed by atoms with Crippen LogP contribution in [-0.2, 0) is 6.54 Å². The fourth-order valence-electron chi connectivity index (χ4n) is 3.57. The average molecular weight is 351 g/mol. The Morgan fingerprint density at radius 3 is 2.31 bits per heavy atom. The van der Waals surface area contributed by atoms with Crippen LogP contribution in [0.4, 0.5) is 11.4 Å². The highest BCUT2D eigenvalue weighted by molar-refractivity contribution is 6.04. The Bertz CT molecular complexity index is 716. The van der Waals surface area contributed by atoms with Gasteiger partial charge in [-0.1, -0.05) is 18.2 Å². The van der Waals surface area contributed by atoms with Crippen LogP contribution in [0.15, 0.2) is 48.5 Å². The van der Waals surface area contributed by atoms with Gasteiger partial charge in [0.1, 0.15) is 0 Å². The van der Waals surface area contributed by atoms with Gasteiger partial charge in [-0.15, -0.1) is 0 Å². The molecule has 1 aliphatic rings. The summed E-state index contributed by atoms with van der Waals surface area (Å²) in [6.07, 6.45) is 2.54. The Kier molecular flexibility index (Phi) is 6.29. The molecular formula is C22H29N3O. The van der Waals surface area contributed by atoms with Gasteiger partial charge in [-0.25, -0.2) is 0 Å². The Labute approximate surface area is 156 Å². The van der Waals surface area contributed by atoms with Crippen LogP contribution in [0.25, 0.3) is 0 Å². The molecule has 1 saturated heterocycles. The molecule has 1 fully saturated rings. The molecule has 4 heteroatoms. The van der Waals surface area contributed by atoms with E-state index in [0.717, 1.165) is 44.1 Å². The number of likely N-dealkylation sites (tertiary alicyclic amines) is 1. The van der Waals surface area contributed by atoms with Gasteiger partial charge in [0.2, 0.25) is 0 Å². The van der Waals surface area contributed by atoms with Gasteiger partial charge in [0, 0.05) is 36.6 Å². The first kappa shape index (κ1) is 18.5. The summed E-state index contributed by atoms with van der Waals surface area (Å²) in [4.78, 5) is 17.4. The number of para-hydroxylation sites is 1. The maximum absolute atomic E-state index is 12.7. The Morgan fingerprint density at radius 1 is 1.00 bits per heavy atom. The highest BCUT2D eigenvalue weighted by atomic mass is 16.1. The number of carbonyl (C=O) groups is 1. The Balaban J connectivity index is 1.69. The number of carbonyl (C=O) groups excluding carboxylic acids is 1. The normalized spacial score (nSPS) is 14.4. The predicted octanol–water partition coefficient (Wildman–Crippen LogP) is 4.38. The number of hydrogen-bond donors (Lipinski definition) is 1. The lowest BCUT2D eigenvalue weighted by molar-refractivity contribution is 0.102. The van der Waals surface area contributed by atoms with Crippen LogP contribution in [0.3, 0.4) is 0 Å². The van der Waals surface area contributed by atoms with E-state index < -0.39 is 0 Å². The number of nitrogens with one attached hydrogen (secondary N) is 1. The molecule has 0 bridgehead atoms. The van der Waals surface area contributed by atoms with Crippen LogP contribution in [0, 0.1) is 0 Å². The molecule has 0 aromatic heterocycles. The molecule has 0 unspecified atom stereocenters. The second kappa shape index (κ2) is 8.86. The summed E-state index contributed by atoms with van der Waals surface area (Å²) in [5, 5.41) is 3.10. The third-order valence-electron chi connectivity index (χ3n) is 5.12. The second-order valence-electron chi connectivity index (χ2n) is 6.81. The molecule has 1 amide bonds. The molecule has 4 nitrogen and oxygen atoms in total. The molecule has 1 heterocycles. The van der Waals surface area contributed by atoms with Gasteiger partial charge < -0.3 is 10.2 Å². The van der Waals surface area contributed by atoms with Crippen molar-refractivity contribution >= 4 is 17.3 Å². The first-order chi connectivity index (χ1) is 12.7. The first-order valence-electron chi connectivity index (χ1n) is 9.68. The average Bonchev–Trinajstić information content (AvgIpc) is 3.18. The molecule has 0 aliphatic carbocycles. The minimum absolute atomic E-state index is 0.0510. The maximum Gasteiger partial charge on any atom is 0.255 e. The summed E-state index contributed by atoms with van der Waals surface area (Å²) in [5.41, 5.74) is 3.94. The van der Waals surface area contributed by atoms with Crippen LogP contribution in [-0.4, -0.2) is 37.0 Å². The minimum Gasteiger partial charge on any atom is -0.372 e. The van der Waals surface area contributed by atoms with Crippen molar-refractivity contribution in [3.05, 3.63) is 59.7 Å². The van der Waals surface area contributed by atoms with Gasteiger partial charge in [-0.3, -0.25) is 9.69 Å². The van der Waals surface area contributed by atoms with E-state index >= 15 is 0 Å². The van der Waals surface area contributed by atoms with Crippen molar-refractivity contribution in [2.24, 2.45) is 0 Å². The lowest BCUT2D eigenvalue weighted by Crippen LogP contribution is -2.22. The van der Waals surface area contributed by atoms with E-state index in [0.29, 0.717) is 5.56 Å². The molecule has 3 rings (SSSR count). The van der Waals surface area contributed by atoms with E-state index in [1.54, 1.807) is 0 Å². The van der Waals surface area contributed by atoms with E-state index in [2.05, 4.69) is 35.0 Å². The first-order valence-corrected chi connectivity index (χ1v) is 9.68. The van der Waals surface area contributed by atoms with Crippen molar-refractivity contribution in [1.82, 2.24) is 4.90 Å². The van der Waals surface area contributed by atoms with E-state index in [-0.39, 0.29) is 5.91 Å². The van der Waals surface area contributed by atoms with Crippen LogP contribution in [0.5, 0.6) is 0 Å². The molecule has 1 N–H and O–H groups in total. The van der Waals surface area contributed by atoms with E-state index in [1.807, 2.05) is 42.5 Å². The van der Waals surface area contributed by atoms with Crippen molar-refractivity contribution < 1.29 is 4.79 Å². The predicted molar refractivity (Wildman–Crippen MR) is 109 cm³/mol. The Morgan fingerprint density at radius 2 is 1.65 bits per heavy atom. The van der Waals surface area contributed by atoms with Crippen molar-refractivity contribution in [2.75, 3.05) is 36.4 Å². The fraction of sp³-hybridized carbons (Fsp3) is 0.409. The zero-order valence-electron chi connectivity index (χ0n) is 15.9. The number of nitrogens with zero attached hydrogens (tertiary/aromatic N) is 2. The van der Waals surface area contributed by atoms with Gasteiger partial charge in [-0.2, -0.15) is 0 Å². The van der Waals surface area contributed by atoms with E-state index in [9.17, 15) is 4.79 Å². The minimum atomic E-state index is -0.0510. The fourth-order valence-corrected chi connectivity index (χ4v) is 3.57. The summed E-state index contributed by atoms with van der Waals surface area (Å²) < 4.78 is 0. The van der Waals surface area contributed by atoms with E-state index in [1.165, 1.54) is 18.4 Å². The number of benzene rings is 2. The van der Waals surface area contributed by atoms with Gasteiger partial charge >= 0.3 is 0 Å². The molecule has 2 aromatic rings. The largest absolute Gasteiger partial charge is 0.372 e. The third kappa shape index (κ3) is 4.44. The van der Waals surface area contributed by atoms with Crippen molar-refractivity contribution in [3.8, 4) is 0 Å². The molecular weight excluding hydrogens is 322 g/mol. The van der Waals surface area contributed by atoms with Gasteiger partial charge in [0.15, 0.2) is 0 Å². The quantitative estimate of drug-likeness (QED) is 0.804. The van der Waals surface area contributed by atoms with Gasteiger partial charge in [0.05, 0.1) is 0 Å². The van der Waals surface area contributed by atoms with Crippen LogP contribution in [0.2, 0.25) is 0 Å². The number of rotatable bonds is 7. The van der Waals surface area contributed by atoms with Gasteiger partial charge in [0.25, 0.3) is 5.91 Å². The standard InChI is InChI=1S/C22H29N3O/c1-3-25(4-2)20-13-11-18(12-14-20)22(26)23-21-10-6-5-9-19(21)17-24-15-7-8-16-24/h5-6,9-14H,3-4,7-8,15-17H2,1-2H3,(H,23,26). The van der Waals surface area contributed by atoms with Crippen LogP contribution in [0.1, 0.15) is 42.6 Å². The smallest absolute Gasteiger partial charge is 0.255 e. The summed E-state index contributed by atoms with van der Waals surface area (Å²) in [6.45, 7) is 9.40. The van der Waals surface area contributed by atoms with Crippen molar-refractivity contribution in [3.63, 3.8) is 0 Å². The molecule has 138 valence electrons. The molecule has 0 spiro atoms. The molecule has 1 aliphatic heterocycles. The van der Waals surface area contributed by atoms with Crippen molar-refractivity contribution in [2.45, 2.75) is 33.2 Å². The highest BCUT2D eigenvalue weighted by Gasteiger charge is 2.15. The van der Waals surface area contributed by atoms with Gasteiger partial charge in [-0.05, 0) is 75.7 Å². The molecule has 0 radical (unpaired) electrons.